The van der Waals surface area contributed by atoms with Crippen molar-refractivity contribution < 1.29 is 15.0 Å². The van der Waals surface area contributed by atoms with Gasteiger partial charge in [0.2, 0.25) is 5.91 Å². The van der Waals surface area contributed by atoms with Crippen LogP contribution in [0.2, 0.25) is 0 Å². The summed E-state index contributed by atoms with van der Waals surface area (Å²) in [6, 6.07) is 4.50. The van der Waals surface area contributed by atoms with Gasteiger partial charge in [-0.25, -0.2) is 0 Å². The number of phenolic OH excluding ortho intramolecular Hbond substituents is 2. The lowest BCUT2D eigenvalue weighted by atomic mass is 9.91. The van der Waals surface area contributed by atoms with E-state index < -0.39 is 0 Å². The maximum Gasteiger partial charge on any atom is 0.221 e. The third kappa shape index (κ3) is 1.74. The van der Waals surface area contributed by atoms with Gasteiger partial charge in [-0.1, -0.05) is 12.1 Å². The first-order chi connectivity index (χ1) is 7.61. The molecule has 0 bridgehead atoms. The monoisotopic (exact) mass is 219 g/mol. The van der Waals surface area contributed by atoms with E-state index in [1.165, 1.54) is 12.1 Å². The normalized spacial score (nSPS) is 24.1. The number of phenols is 2. The highest BCUT2D eigenvalue weighted by atomic mass is 16.3. The molecule has 0 aromatic heterocycles. The van der Waals surface area contributed by atoms with Crippen molar-refractivity contribution in [2.45, 2.75) is 18.4 Å². The fourth-order valence-corrected chi connectivity index (χ4v) is 1.99. The van der Waals surface area contributed by atoms with Gasteiger partial charge in [-0.3, -0.25) is 4.79 Å². The average molecular weight is 219 g/mol. The Labute approximate surface area is 93.2 Å². The van der Waals surface area contributed by atoms with Crippen molar-refractivity contribution in [3.8, 4) is 11.5 Å². The molecule has 1 saturated heterocycles. The average Bonchev–Trinajstić information content (AvgIpc) is 2.63. The molecule has 16 heavy (non-hydrogen) atoms. The molecule has 3 N–H and O–H groups in total. The van der Waals surface area contributed by atoms with Crippen molar-refractivity contribution >= 4 is 5.91 Å². The molecule has 1 heterocycles. The second-order valence-corrected chi connectivity index (χ2v) is 3.89. The highest BCUT2D eigenvalue weighted by Crippen LogP contribution is 2.34. The molecule has 2 unspecified atom stereocenters. The van der Waals surface area contributed by atoms with Gasteiger partial charge in [0.25, 0.3) is 0 Å². The molecule has 0 spiro atoms. The third-order valence-electron chi connectivity index (χ3n) is 2.85. The summed E-state index contributed by atoms with van der Waals surface area (Å²) in [5, 5.41) is 21.4. The first-order valence-electron chi connectivity index (χ1n) is 5.05. The molecule has 84 valence electrons. The lowest BCUT2D eigenvalue weighted by molar-refractivity contribution is -0.119. The van der Waals surface area contributed by atoms with E-state index in [2.05, 4.69) is 11.9 Å². The van der Waals surface area contributed by atoms with Crippen molar-refractivity contribution in [3.05, 3.63) is 36.4 Å². The fraction of sp³-hybridized carbons (Fsp3) is 0.250. The minimum Gasteiger partial charge on any atom is -0.504 e. The van der Waals surface area contributed by atoms with Gasteiger partial charge in [-0.2, -0.15) is 0 Å². The second-order valence-electron chi connectivity index (χ2n) is 3.89. The Bertz CT molecular complexity index is 442. The number of aromatic hydroxyl groups is 2. The van der Waals surface area contributed by atoms with Crippen molar-refractivity contribution in [2.24, 2.45) is 0 Å². The molecule has 1 aliphatic heterocycles. The summed E-state index contributed by atoms with van der Waals surface area (Å²) >= 11 is 0. The molecule has 1 fully saturated rings. The summed E-state index contributed by atoms with van der Waals surface area (Å²) in [5.74, 6) is -0.380. The Kier molecular flexibility index (Phi) is 2.56. The van der Waals surface area contributed by atoms with Crippen LogP contribution in [0.15, 0.2) is 30.9 Å². The largest absolute Gasteiger partial charge is 0.504 e. The van der Waals surface area contributed by atoms with Gasteiger partial charge < -0.3 is 15.5 Å². The molecule has 0 saturated carbocycles. The number of benzene rings is 1. The van der Waals surface area contributed by atoms with Crippen LogP contribution in [0.1, 0.15) is 17.9 Å². The van der Waals surface area contributed by atoms with Crippen LogP contribution in [-0.4, -0.2) is 22.2 Å². The molecule has 2 rings (SSSR count). The van der Waals surface area contributed by atoms with E-state index in [1.54, 1.807) is 12.1 Å². The van der Waals surface area contributed by atoms with Gasteiger partial charge in [-0.15, -0.1) is 6.58 Å². The Morgan fingerprint density at radius 1 is 1.38 bits per heavy atom. The molecule has 1 aliphatic rings. The maximum atomic E-state index is 11.3. The minimum absolute atomic E-state index is 0.0255. The number of carbonyl (C=O) groups is 1. The van der Waals surface area contributed by atoms with E-state index in [0.29, 0.717) is 6.42 Å². The molecular formula is C12H13NO3. The van der Waals surface area contributed by atoms with Gasteiger partial charge >= 0.3 is 0 Å². The van der Waals surface area contributed by atoms with Gasteiger partial charge in [0, 0.05) is 12.3 Å². The van der Waals surface area contributed by atoms with Crippen LogP contribution in [0.25, 0.3) is 0 Å². The highest BCUT2D eigenvalue weighted by molar-refractivity contribution is 5.80. The maximum absolute atomic E-state index is 11.3. The van der Waals surface area contributed by atoms with Gasteiger partial charge in [-0.05, 0) is 17.7 Å². The molecule has 0 aliphatic carbocycles. The quantitative estimate of drug-likeness (QED) is 0.518. The van der Waals surface area contributed by atoms with Crippen LogP contribution in [0.5, 0.6) is 11.5 Å². The van der Waals surface area contributed by atoms with Crippen LogP contribution < -0.4 is 5.32 Å². The zero-order valence-electron chi connectivity index (χ0n) is 8.68. The van der Waals surface area contributed by atoms with E-state index >= 15 is 0 Å². The summed E-state index contributed by atoms with van der Waals surface area (Å²) in [4.78, 5) is 11.3. The SMILES string of the molecule is C=CC1NC(=O)CC1c1ccc(O)c(O)c1. The van der Waals surface area contributed by atoms with E-state index in [1.807, 2.05) is 0 Å². The molecule has 1 aromatic rings. The van der Waals surface area contributed by atoms with Gasteiger partial charge in [0.1, 0.15) is 0 Å². The lowest BCUT2D eigenvalue weighted by Crippen LogP contribution is -2.25. The predicted octanol–water partition coefficient (Wildman–Crippen LogP) is 1.26. The third-order valence-corrected chi connectivity index (χ3v) is 2.85. The van der Waals surface area contributed by atoms with Crippen molar-refractivity contribution in [3.63, 3.8) is 0 Å². The van der Waals surface area contributed by atoms with Crippen molar-refractivity contribution in [1.29, 1.82) is 0 Å². The van der Waals surface area contributed by atoms with E-state index in [0.717, 1.165) is 5.56 Å². The Balaban J connectivity index is 2.32. The Morgan fingerprint density at radius 3 is 2.75 bits per heavy atom. The fourth-order valence-electron chi connectivity index (χ4n) is 1.99. The van der Waals surface area contributed by atoms with Crippen LogP contribution in [0.4, 0.5) is 0 Å². The first kappa shape index (κ1) is 10.5. The smallest absolute Gasteiger partial charge is 0.221 e. The molecule has 1 amide bonds. The standard InChI is InChI=1S/C12H13NO3/c1-2-9-8(6-12(16)13-9)7-3-4-10(14)11(15)5-7/h2-5,8-9,14-15H,1,6H2,(H,13,16). The number of hydrogen-bond donors (Lipinski definition) is 3. The van der Waals surface area contributed by atoms with Crippen LogP contribution in [-0.2, 0) is 4.79 Å². The van der Waals surface area contributed by atoms with Crippen LogP contribution in [0.3, 0.4) is 0 Å². The summed E-state index contributed by atoms with van der Waals surface area (Å²) < 4.78 is 0. The van der Waals surface area contributed by atoms with E-state index in [-0.39, 0.29) is 29.4 Å². The van der Waals surface area contributed by atoms with E-state index in [9.17, 15) is 15.0 Å². The second kappa shape index (κ2) is 3.89. The number of nitrogens with one attached hydrogen (secondary N) is 1. The Hall–Kier alpha value is -1.97. The zero-order chi connectivity index (χ0) is 11.7. The number of carbonyl (C=O) groups excluding carboxylic acids is 1. The molecule has 4 heteroatoms. The predicted molar refractivity (Wildman–Crippen MR) is 59.3 cm³/mol. The Morgan fingerprint density at radius 2 is 2.12 bits per heavy atom. The van der Waals surface area contributed by atoms with Gasteiger partial charge in [0.05, 0.1) is 6.04 Å². The summed E-state index contributed by atoms with van der Waals surface area (Å²) in [6.45, 7) is 3.67. The molecule has 1 aromatic carbocycles. The molecule has 0 radical (unpaired) electrons. The summed E-state index contributed by atoms with van der Waals surface area (Å²) in [6.07, 6.45) is 2.06. The van der Waals surface area contributed by atoms with Crippen molar-refractivity contribution in [2.75, 3.05) is 0 Å². The molecule has 4 nitrogen and oxygen atoms in total. The number of hydrogen-bond acceptors (Lipinski definition) is 3. The number of amides is 1. The van der Waals surface area contributed by atoms with Gasteiger partial charge in [0.15, 0.2) is 11.5 Å². The molecule has 2 atom stereocenters. The summed E-state index contributed by atoms with van der Waals surface area (Å²) in [7, 11) is 0. The minimum atomic E-state index is -0.167. The van der Waals surface area contributed by atoms with Crippen LogP contribution >= 0.6 is 0 Å². The summed E-state index contributed by atoms with van der Waals surface area (Å²) in [5.41, 5.74) is 0.818. The van der Waals surface area contributed by atoms with Crippen LogP contribution in [0, 0.1) is 0 Å². The zero-order valence-corrected chi connectivity index (χ0v) is 8.68. The van der Waals surface area contributed by atoms with Crippen molar-refractivity contribution in [1.82, 2.24) is 5.32 Å². The van der Waals surface area contributed by atoms with E-state index in [4.69, 9.17) is 0 Å². The topological polar surface area (TPSA) is 69.6 Å². The number of rotatable bonds is 2. The highest BCUT2D eigenvalue weighted by Gasteiger charge is 2.31. The molecular weight excluding hydrogens is 206 g/mol. The first-order valence-corrected chi connectivity index (χ1v) is 5.05. The lowest BCUT2D eigenvalue weighted by Gasteiger charge is -2.15.